The molecule has 3 aromatic rings. The van der Waals surface area contributed by atoms with Crippen molar-refractivity contribution in [2.75, 3.05) is 12.4 Å². The molecule has 1 aromatic heterocycles. The number of carbonyl (C=O) groups excluding carboxylic acids is 2. The molecule has 0 spiro atoms. The van der Waals surface area contributed by atoms with Gasteiger partial charge in [-0.3, -0.25) is 19.5 Å². The van der Waals surface area contributed by atoms with E-state index in [2.05, 4.69) is 15.0 Å². The number of fused-ring (bicyclic) bond motifs is 1. The fourth-order valence-corrected chi connectivity index (χ4v) is 3.31. The van der Waals surface area contributed by atoms with Gasteiger partial charge in [-0.1, -0.05) is 36.0 Å². The smallest absolute Gasteiger partial charge is 0.413 e. The van der Waals surface area contributed by atoms with Crippen molar-refractivity contribution in [1.82, 2.24) is 14.9 Å². The van der Waals surface area contributed by atoms with Crippen LogP contribution >= 0.6 is 11.8 Å². The zero-order chi connectivity index (χ0) is 20.1. The number of para-hydroxylation sites is 2. The first-order chi connectivity index (χ1) is 13.5. The number of benzene rings is 2. The van der Waals surface area contributed by atoms with E-state index in [0.29, 0.717) is 10.9 Å². The van der Waals surface area contributed by atoms with Crippen LogP contribution in [0.4, 0.5) is 9.18 Å². The molecule has 2 aromatic carbocycles. The van der Waals surface area contributed by atoms with Gasteiger partial charge in [0.05, 0.1) is 29.0 Å². The third-order valence-electron chi connectivity index (χ3n) is 3.69. The average molecular weight is 401 g/mol. The summed E-state index contributed by atoms with van der Waals surface area (Å²) in [4.78, 5) is 40.7. The number of alkyl carbamates (subject to hydrolysis) is 1. The third-order valence-corrected chi connectivity index (χ3v) is 4.63. The minimum atomic E-state index is -0.855. The Morgan fingerprint density at radius 1 is 1.18 bits per heavy atom. The number of carbonyl (C=O) groups is 2. The summed E-state index contributed by atoms with van der Waals surface area (Å²) in [6, 6.07) is 12.5. The quantitative estimate of drug-likeness (QED) is 0.522. The van der Waals surface area contributed by atoms with Gasteiger partial charge < -0.3 is 4.74 Å². The maximum Gasteiger partial charge on any atom is 0.413 e. The summed E-state index contributed by atoms with van der Waals surface area (Å²) in [5, 5.41) is 2.52. The van der Waals surface area contributed by atoms with E-state index in [0.717, 1.165) is 16.3 Å². The number of aromatic nitrogens is 2. The van der Waals surface area contributed by atoms with Gasteiger partial charge in [-0.25, -0.2) is 14.2 Å². The Kier molecular flexibility index (Phi) is 6.05. The number of nitrogens with one attached hydrogen (secondary N) is 1. The van der Waals surface area contributed by atoms with Crippen molar-refractivity contribution in [3.05, 3.63) is 64.7 Å². The highest BCUT2D eigenvalue weighted by Gasteiger charge is 2.17. The number of amides is 2. The summed E-state index contributed by atoms with van der Waals surface area (Å²) in [6.45, 7) is 1.75. The Morgan fingerprint density at radius 2 is 1.89 bits per heavy atom. The molecule has 3 rings (SSSR count). The fourth-order valence-electron chi connectivity index (χ4n) is 2.50. The molecule has 7 nitrogen and oxygen atoms in total. The number of rotatable bonds is 5. The molecule has 0 aliphatic heterocycles. The topological polar surface area (TPSA) is 90.3 Å². The molecule has 0 bridgehead atoms. The Balaban J connectivity index is 2.00. The number of hydrogen-bond donors (Lipinski definition) is 1. The molecule has 28 heavy (non-hydrogen) atoms. The molecular formula is C19H16FN3O4S. The van der Waals surface area contributed by atoms with Crippen LogP contribution in [0.1, 0.15) is 6.92 Å². The second-order valence-electron chi connectivity index (χ2n) is 5.56. The van der Waals surface area contributed by atoms with Gasteiger partial charge in [0.1, 0.15) is 5.82 Å². The first kappa shape index (κ1) is 19.6. The maximum absolute atomic E-state index is 14.4. The molecule has 0 unspecified atom stereocenters. The average Bonchev–Trinajstić information content (AvgIpc) is 2.67. The molecule has 1 heterocycles. The van der Waals surface area contributed by atoms with Crippen LogP contribution in [0.25, 0.3) is 16.6 Å². The van der Waals surface area contributed by atoms with Crippen LogP contribution in [0, 0.1) is 5.82 Å². The Labute approximate surface area is 163 Å². The molecule has 0 radical (unpaired) electrons. The van der Waals surface area contributed by atoms with Crippen LogP contribution in [0.2, 0.25) is 0 Å². The van der Waals surface area contributed by atoms with E-state index in [1.54, 1.807) is 37.3 Å². The minimum Gasteiger partial charge on any atom is -0.450 e. The summed E-state index contributed by atoms with van der Waals surface area (Å²) >= 11 is 0.913. The molecule has 0 saturated carbocycles. The predicted octanol–water partition coefficient (Wildman–Crippen LogP) is 2.89. The van der Waals surface area contributed by atoms with Crippen LogP contribution in [-0.2, 0) is 9.53 Å². The maximum atomic E-state index is 14.4. The van der Waals surface area contributed by atoms with Gasteiger partial charge in [0.25, 0.3) is 5.56 Å². The highest BCUT2D eigenvalue weighted by Crippen LogP contribution is 2.22. The Hall–Kier alpha value is -3.20. The molecular weight excluding hydrogens is 385 g/mol. The first-order valence-electron chi connectivity index (χ1n) is 8.37. The number of thioether (sulfide) groups is 1. The number of hydrogen-bond acceptors (Lipinski definition) is 6. The van der Waals surface area contributed by atoms with Crippen LogP contribution in [0.15, 0.2) is 58.5 Å². The van der Waals surface area contributed by atoms with Gasteiger partial charge in [-0.15, -0.1) is 0 Å². The van der Waals surface area contributed by atoms with Crippen molar-refractivity contribution in [1.29, 1.82) is 0 Å². The molecule has 144 valence electrons. The summed E-state index contributed by atoms with van der Waals surface area (Å²) in [7, 11) is 0. The fraction of sp³-hybridized carbons (Fsp3) is 0.158. The molecule has 0 aliphatic carbocycles. The van der Waals surface area contributed by atoms with E-state index in [1.165, 1.54) is 18.2 Å². The molecule has 1 N–H and O–H groups in total. The lowest BCUT2D eigenvalue weighted by molar-refractivity contribution is -0.117. The Morgan fingerprint density at radius 3 is 2.64 bits per heavy atom. The number of nitrogens with zero attached hydrogens (tertiary/aromatic N) is 2. The lowest BCUT2D eigenvalue weighted by atomic mass is 10.2. The van der Waals surface area contributed by atoms with E-state index in [1.807, 2.05) is 0 Å². The summed E-state index contributed by atoms with van der Waals surface area (Å²) in [5.41, 5.74) is -0.00329. The zero-order valence-corrected chi connectivity index (χ0v) is 15.7. The first-order valence-corrected chi connectivity index (χ1v) is 9.36. The summed E-state index contributed by atoms with van der Waals surface area (Å²) in [6.07, 6.45) is -0.855. The highest BCUT2D eigenvalue weighted by atomic mass is 32.2. The molecule has 2 amide bonds. The number of imide groups is 1. The van der Waals surface area contributed by atoms with E-state index in [4.69, 9.17) is 0 Å². The number of ether oxygens (including phenoxy) is 1. The second kappa shape index (κ2) is 8.66. The van der Waals surface area contributed by atoms with Crippen molar-refractivity contribution in [2.24, 2.45) is 0 Å². The third kappa shape index (κ3) is 4.20. The van der Waals surface area contributed by atoms with Gasteiger partial charge in [-0.2, -0.15) is 0 Å². The van der Waals surface area contributed by atoms with E-state index < -0.39 is 23.4 Å². The number of halogens is 1. The monoisotopic (exact) mass is 401 g/mol. The normalized spacial score (nSPS) is 10.6. The van der Waals surface area contributed by atoms with Gasteiger partial charge in [0.15, 0.2) is 5.16 Å². The van der Waals surface area contributed by atoms with Crippen molar-refractivity contribution in [2.45, 2.75) is 12.1 Å². The predicted molar refractivity (Wildman–Crippen MR) is 103 cm³/mol. The van der Waals surface area contributed by atoms with Gasteiger partial charge in [-0.05, 0) is 31.2 Å². The SMILES string of the molecule is CCOC(=O)NC(=O)CSc1nc2ccccc2c(=O)n1-c1ccccc1F. The van der Waals surface area contributed by atoms with Crippen molar-refractivity contribution in [3.63, 3.8) is 0 Å². The lowest BCUT2D eigenvalue weighted by Crippen LogP contribution is -2.32. The highest BCUT2D eigenvalue weighted by molar-refractivity contribution is 7.99. The molecule has 0 aliphatic rings. The van der Waals surface area contributed by atoms with Gasteiger partial charge in [0, 0.05) is 0 Å². The van der Waals surface area contributed by atoms with Crippen LogP contribution in [0.3, 0.4) is 0 Å². The van der Waals surface area contributed by atoms with Crippen molar-refractivity contribution >= 4 is 34.7 Å². The summed E-state index contributed by atoms with van der Waals surface area (Å²) in [5.74, 6) is -1.43. The second-order valence-corrected chi connectivity index (χ2v) is 6.50. The standard InChI is InChI=1S/C19H16FN3O4S/c1-2-27-19(26)22-16(24)11-28-18-21-14-9-5-3-7-12(14)17(25)23(18)15-10-6-4-8-13(15)20/h3-10H,2,11H2,1H3,(H,22,24,26). The van der Waals surface area contributed by atoms with E-state index >= 15 is 0 Å². The lowest BCUT2D eigenvalue weighted by Gasteiger charge is -2.13. The van der Waals surface area contributed by atoms with E-state index in [9.17, 15) is 18.8 Å². The molecule has 0 saturated heterocycles. The molecule has 9 heteroatoms. The molecule has 0 fully saturated rings. The van der Waals surface area contributed by atoms with Crippen LogP contribution in [-0.4, -0.2) is 33.9 Å². The van der Waals surface area contributed by atoms with Crippen LogP contribution in [0.5, 0.6) is 0 Å². The zero-order valence-electron chi connectivity index (χ0n) is 14.8. The van der Waals surface area contributed by atoms with Gasteiger partial charge in [0.2, 0.25) is 5.91 Å². The minimum absolute atomic E-state index is 0.0269. The van der Waals surface area contributed by atoms with Crippen molar-refractivity contribution in [3.8, 4) is 5.69 Å². The largest absolute Gasteiger partial charge is 0.450 e. The summed E-state index contributed by atoms with van der Waals surface area (Å²) < 4.78 is 20.1. The van der Waals surface area contributed by atoms with Crippen LogP contribution < -0.4 is 10.9 Å². The molecule has 0 atom stereocenters. The van der Waals surface area contributed by atoms with Gasteiger partial charge >= 0.3 is 6.09 Å². The van der Waals surface area contributed by atoms with Crippen molar-refractivity contribution < 1.29 is 18.7 Å². The Bertz CT molecular complexity index is 1100. The van der Waals surface area contributed by atoms with E-state index in [-0.39, 0.29) is 23.2 Å².